The van der Waals surface area contributed by atoms with Crippen LogP contribution in [-0.4, -0.2) is 18.1 Å². The number of benzene rings is 2. The summed E-state index contributed by atoms with van der Waals surface area (Å²) in [5.74, 6) is 2.59. The number of pyridine rings is 1. The van der Waals surface area contributed by atoms with Crippen LogP contribution in [0.5, 0.6) is 17.2 Å². The highest BCUT2D eigenvalue weighted by Gasteiger charge is 2.17. The topological polar surface area (TPSA) is 43.4 Å². The van der Waals surface area contributed by atoms with Crippen LogP contribution in [0.3, 0.4) is 0 Å². The lowest BCUT2D eigenvalue weighted by Crippen LogP contribution is -2.30. The van der Waals surface area contributed by atoms with Gasteiger partial charge < -0.3 is 14.8 Å². The maximum absolute atomic E-state index is 5.94. The van der Waals surface area contributed by atoms with Crippen LogP contribution in [-0.2, 0) is 19.4 Å². The van der Waals surface area contributed by atoms with Crippen LogP contribution in [0, 0.1) is 6.92 Å². The highest BCUT2D eigenvalue weighted by Crippen LogP contribution is 2.27. The van der Waals surface area contributed by atoms with E-state index in [1.54, 1.807) is 19.5 Å². The van der Waals surface area contributed by atoms with Crippen LogP contribution in [0.15, 0.2) is 60.9 Å². The molecule has 0 bridgehead atoms. The van der Waals surface area contributed by atoms with Gasteiger partial charge in [0.2, 0.25) is 0 Å². The molecule has 0 amide bonds. The van der Waals surface area contributed by atoms with Crippen molar-refractivity contribution in [1.82, 2.24) is 10.3 Å². The molecule has 3 aromatic rings. The average molecular weight is 389 g/mol. The maximum Gasteiger partial charge on any atom is 0.145 e. The van der Waals surface area contributed by atoms with E-state index in [2.05, 4.69) is 47.6 Å². The molecule has 0 aliphatic heterocycles. The molecule has 29 heavy (non-hydrogen) atoms. The summed E-state index contributed by atoms with van der Waals surface area (Å²) in [6.07, 6.45) is 8.07. The van der Waals surface area contributed by atoms with Gasteiger partial charge >= 0.3 is 0 Å². The number of nitrogens with one attached hydrogen (secondary N) is 1. The van der Waals surface area contributed by atoms with Crippen LogP contribution in [0.4, 0.5) is 0 Å². The Bertz CT molecular complexity index is 956. The normalized spacial score (nSPS) is 16.0. The standard InChI is InChI=1S/C25H28N2O2/c1-18-13-19(8-11-25(18)29-24-7-4-12-26-17-24)16-27-22-6-3-5-20-15-23(28-2)10-9-21(20)14-22/h4,7-13,15,17,22,27H,3,5-6,14,16H2,1-2H3. The number of methoxy groups -OCH3 is 1. The quantitative estimate of drug-likeness (QED) is 0.587. The van der Waals surface area contributed by atoms with Gasteiger partial charge in [0.1, 0.15) is 17.2 Å². The molecule has 0 saturated carbocycles. The van der Waals surface area contributed by atoms with E-state index in [4.69, 9.17) is 9.47 Å². The third kappa shape index (κ3) is 4.96. The molecule has 1 unspecified atom stereocenters. The Labute approximate surface area is 172 Å². The largest absolute Gasteiger partial charge is 0.497 e. The van der Waals surface area contributed by atoms with Crippen LogP contribution in [0.2, 0.25) is 0 Å². The molecular weight excluding hydrogens is 360 g/mol. The van der Waals surface area contributed by atoms with E-state index in [0.717, 1.165) is 42.2 Å². The third-order valence-corrected chi connectivity index (χ3v) is 5.57. The zero-order valence-electron chi connectivity index (χ0n) is 17.2. The highest BCUT2D eigenvalue weighted by atomic mass is 16.5. The van der Waals surface area contributed by atoms with Crippen LogP contribution < -0.4 is 14.8 Å². The molecule has 0 fully saturated rings. The average Bonchev–Trinajstić information content (AvgIpc) is 2.96. The van der Waals surface area contributed by atoms with Crippen molar-refractivity contribution in [3.63, 3.8) is 0 Å². The maximum atomic E-state index is 5.94. The first kappa shape index (κ1) is 19.5. The number of nitrogens with zero attached hydrogens (tertiary/aromatic N) is 1. The van der Waals surface area contributed by atoms with E-state index in [1.165, 1.54) is 29.5 Å². The molecule has 150 valence electrons. The monoisotopic (exact) mass is 388 g/mol. The molecule has 4 rings (SSSR count). The van der Waals surface area contributed by atoms with Gasteiger partial charge in [0.15, 0.2) is 0 Å². The fraction of sp³-hybridized carbons (Fsp3) is 0.320. The van der Waals surface area contributed by atoms with Crippen molar-refractivity contribution >= 4 is 0 Å². The molecule has 1 heterocycles. The van der Waals surface area contributed by atoms with E-state index in [0.29, 0.717) is 6.04 Å². The van der Waals surface area contributed by atoms with Crippen molar-refractivity contribution in [2.45, 2.75) is 45.2 Å². The van der Waals surface area contributed by atoms with Gasteiger partial charge in [0, 0.05) is 18.8 Å². The van der Waals surface area contributed by atoms with Gasteiger partial charge in [-0.1, -0.05) is 18.2 Å². The van der Waals surface area contributed by atoms with Crippen molar-refractivity contribution in [3.8, 4) is 17.2 Å². The molecule has 1 atom stereocenters. The molecule has 4 heteroatoms. The second-order valence-electron chi connectivity index (χ2n) is 7.70. The minimum absolute atomic E-state index is 0.497. The van der Waals surface area contributed by atoms with Crippen LogP contribution in [0.1, 0.15) is 35.1 Å². The Morgan fingerprint density at radius 3 is 2.79 bits per heavy atom. The zero-order valence-corrected chi connectivity index (χ0v) is 17.2. The van der Waals surface area contributed by atoms with Gasteiger partial charge in [0.25, 0.3) is 0 Å². The lowest BCUT2D eigenvalue weighted by molar-refractivity contribution is 0.414. The van der Waals surface area contributed by atoms with Crippen molar-refractivity contribution in [1.29, 1.82) is 0 Å². The highest BCUT2D eigenvalue weighted by molar-refractivity contribution is 5.39. The van der Waals surface area contributed by atoms with Crippen molar-refractivity contribution in [3.05, 3.63) is 83.2 Å². The van der Waals surface area contributed by atoms with E-state index in [1.807, 2.05) is 18.2 Å². The second kappa shape index (κ2) is 9.10. The Kier molecular flexibility index (Phi) is 6.11. The smallest absolute Gasteiger partial charge is 0.145 e. The molecule has 1 aromatic heterocycles. The predicted octanol–water partition coefficient (Wildman–Crippen LogP) is 5.23. The van der Waals surface area contributed by atoms with Crippen molar-refractivity contribution in [2.75, 3.05) is 7.11 Å². The summed E-state index contributed by atoms with van der Waals surface area (Å²) in [6, 6.07) is 17.2. The summed E-state index contributed by atoms with van der Waals surface area (Å²) in [7, 11) is 1.73. The predicted molar refractivity (Wildman–Crippen MR) is 116 cm³/mol. The molecule has 1 N–H and O–H groups in total. The Morgan fingerprint density at radius 2 is 2.00 bits per heavy atom. The number of rotatable bonds is 6. The van der Waals surface area contributed by atoms with Gasteiger partial charge in [0.05, 0.1) is 13.3 Å². The first-order valence-corrected chi connectivity index (χ1v) is 10.3. The van der Waals surface area contributed by atoms with Gasteiger partial charge in [-0.15, -0.1) is 0 Å². The zero-order chi connectivity index (χ0) is 20.1. The molecular formula is C25H28N2O2. The molecule has 1 aliphatic rings. The minimum atomic E-state index is 0.497. The number of ether oxygens (including phenoxy) is 2. The SMILES string of the molecule is COc1ccc2c(c1)CCCC(NCc1ccc(Oc3cccnc3)c(C)c1)C2. The number of fused-ring (bicyclic) bond motifs is 1. The Balaban J connectivity index is 1.37. The van der Waals surface area contributed by atoms with Gasteiger partial charge in [-0.25, -0.2) is 0 Å². The summed E-state index contributed by atoms with van der Waals surface area (Å²) in [4.78, 5) is 4.10. The first-order valence-electron chi connectivity index (χ1n) is 10.3. The summed E-state index contributed by atoms with van der Waals surface area (Å²) >= 11 is 0. The minimum Gasteiger partial charge on any atom is -0.497 e. The first-order chi connectivity index (χ1) is 14.2. The van der Waals surface area contributed by atoms with E-state index >= 15 is 0 Å². The third-order valence-electron chi connectivity index (χ3n) is 5.57. The lowest BCUT2D eigenvalue weighted by Gasteiger charge is -2.18. The van der Waals surface area contributed by atoms with Gasteiger partial charge in [-0.3, -0.25) is 4.98 Å². The Morgan fingerprint density at radius 1 is 1.07 bits per heavy atom. The summed E-state index contributed by atoms with van der Waals surface area (Å²) in [6.45, 7) is 2.95. The number of aromatic nitrogens is 1. The number of aryl methyl sites for hydroxylation is 2. The van der Waals surface area contributed by atoms with Gasteiger partial charge in [-0.05, 0) is 85.2 Å². The number of hydrogen-bond donors (Lipinski definition) is 1. The summed E-state index contributed by atoms with van der Waals surface area (Å²) in [5, 5.41) is 3.76. The molecule has 0 saturated heterocycles. The summed E-state index contributed by atoms with van der Waals surface area (Å²) in [5.41, 5.74) is 5.28. The second-order valence-corrected chi connectivity index (χ2v) is 7.70. The fourth-order valence-corrected chi connectivity index (χ4v) is 3.97. The molecule has 1 aliphatic carbocycles. The fourth-order valence-electron chi connectivity index (χ4n) is 3.97. The Hall–Kier alpha value is -2.85. The number of hydrogen-bond acceptors (Lipinski definition) is 4. The molecule has 2 aromatic carbocycles. The van der Waals surface area contributed by atoms with Crippen molar-refractivity contribution < 1.29 is 9.47 Å². The summed E-state index contributed by atoms with van der Waals surface area (Å²) < 4.78 is 11.3. The lowest BCUT2D eigenvalue weighted by atomic mass is 10.0. The van der Waals surface area contributed by atoms with E-state index in [-0.39, 0.29) is 0 Å². The van der Waals surface area contributed by atoms with Gasteiger partial charge in [-0.2, -0.15) is 0 Å². The molecule has 0 spiro atoms. The van der Waals surface area contributed by atoms with E-state index < -0.39 is 0 Å². The van der Waals surface area contributed by atoms with Crippen LogP contribution in [0.25, 0.3) is 0 Å². The van der Waals surface area contributed by atoms with Crippen molar-refractivity contribution in [2.24, 2.45) is 0 Å². The molecule has 0 radical (unpaired) electrons. The molecule has 4 nitrogen and oxygen atoms in total. The van der Waals surface area contributed by atoms with Crippen LogP contribution >= 0.6 is 0 Å². The van der Waals surface area contributed by atoms with E-state index in [9.17, 15) is 0 Å².